The van der Waals surface area contributed by atoms with Crippen molar-refractivity contribution in [1.82, 2.24) is 34.8 Å². The number of hydrogen-bond acceptors (Lipinski definition) is 9. The third kappa shape index (κ3) is 5.18. The first-order valence-corrected chi connectivity index (χ1v) is 13.4. The van der Waals surface area contributed by atoms with Gasteiger partial charge in [0.2, 0.25) is 5.95 Å². The molecule has 0 radical (unpaired) electrons. The third-order valence-electron chi connectivity index (χ3n) is 6.91. The molecule has 12 heteroatoms. The zero-order valence-corrected chi connectivity index (χ0v) is 22.9. The predicted octanol–water partition coefficient (Wildman–Crippen LogP) is 4.45. The van der Waals surface area contributed by atoms with Crippen LogP contribution in [0.25, 0.3) is 22.3 Å². The maximum atomic E-state index is 12.6. The summed E-state index contributed by atoms with van der Waals surface area (Å²) in [7, 11) is 0. The highest BCUT2D eigenvalue weighted by Crippen LogP contribution is 2.33. The van der Waals surface area contributed by atoms with Gasteiger partial charge in [-0.1, -0.05) is 11.6 Å². The molecule has 0 aromatic carbocycles. The third-order valence-corrected chi connectivity index (χ3v) is 7.18. The molecule has 1 amide bonds. The van der Waals surface area contributed by atoms with Crippen molar-refractivity contribution in [1.29, 1.82) is 0 Å². The lowest BCUT2D eigenvalue weighted by atomic mass is 10.1. The van der Waals surface area contributed by atoms with Crippen LogP contribution in [0, 0.1) is 0 Å². The number of carbonyl (C=O) groups is 1. The summed E-state index contributed by atoms with van der Waals surface area (Å²) in [5.74, 6) is 1.45. The van der Waals surface area contributed by atoms with Gasteiger partial charge in [0.25, 0.3) is 0 Å². The predicted molar refractivity (Wildman–Crippen MR) is 149 cm³/mol. The number of amides is 1. The van der Waals surface area contributed by atoms with Gasteiger partial charge >= 0.3 is 6.09 Å². The number of halogens is 1. The monoisotopic (exact) mass is 547 g/mol. The normalized spacial score (nSPS) is 17.4. The first-order valence-electron chi connectivity index (χ1n) is 13.0. The number of ether oxygens (including phenoxy) is 1. The highest BCUT2D eigenvalue weighted by Gasteiger charge is 2.31. The summed E-state index contributed by atoms with van der Waals surface area (Å²) in [6.07, 6.45) is 8.10. The molecular weight excluding hydrogens is 518 g/mol. The van der Waals surface area contributed by atoms with Gasteiger partial charge in [-0.3, -0.25) is 0 Å². The fourth-order valence-corrected chi connectivity index (χ4v) is 5.32. The van der Waals surface area contributed by atoms with E-state index in [0.717, 1.165) is 53.2 Å². The first-order chi connectivity index (χ1) is 18.7. The first kappa shape index (κ1) is 25.3. The molecular formula is C27H30ClN9O2. The second kappa shape index (κ2) is 9.96. The fraction of sp³-hybridized carbons (Fsp3) is 0.407. The number of aromatic amines is 1. The molecule has 2 aliphatic heterocycles. The number of rotatable bonds is 4. The number of nitrogens with zero attached hydrogens (tertiary/aromatic N) is 7. The van der Waals surface area contributed by atoms with Gasteiger partial charge in [0, 0.05) is 54.6 Å². The number of pyridine rings is 1. The summed E-state index contributed by atoms with van der Waals surface area (Å²) in [4.78, 5) is 42.4. The van der Waals surface area contributed by atoms with Crippen molar-refractivity contribution in [3.05, 3.63) is 53.3 Å². The van der Waals surface area contributed by atoms with E-state index in [1.165, 1.54) is 0 Å². The SMILES string of the molecule is CC(C)(C)OC(=O)N1CCc2c(ncnc2N2CC[C@@H](Nc3ncc(Cl)c(-c4c[nH]c5ncccc45)n3)C2)C1. The van der Waals surface area contributed by atoms with Crippen LogP contribution >= 0.6 is 11.6 Å². The molecule has 2 aliphatic rings. The standard InChI is InChI=1S/C27H30ClN9O2/c1-27(2,3)39-26(38)37-10-7-18-21(14-37)32-15-33-24(18)36-9-6-16(13-36)34-25-31-12-20(28)22(35-25)19-11-30-23-17(19)5-4-8-29-23/h4-5,8,11-12,15-16H,6-7,9-10,13-14H2,1-3H3,(H,29,30)(H,31,34,35)/t16-/m1/s1. The van der Waals surface area contributed by atoms with E-state index in [1.807, 2.05) is 39.1 Å². The van der Waals surface area contributed by atoms with Gasteiger partial charge in [-0.15, -0.1) is 0 Å². The zero-order valence-electron chi connectivity index (χ0n) is 22.1. The average Bonchev–Trinajstić information content (AvgIpc) is 3.55. The molecule has 11 nitrogen and oxygen atoms in total. The molecule has 0 spiro atoms. The van der Waals surface area contributed by atoms with Crippen LogP contribution in [-0.4, -0.2) is 72.2 Å². The molecule has 1 fully saturated rings. The van der Waals surface area contributed by atoms with E-state index in [0.29, 0.717) is 36.2 Å². The number of nitrogens with one attached hydrogen (secondary N) is 2. The average molecular weight is 548 g/mol. The Hall–Kier alpha value is -3.99. The summed E-state index contributed by atoms with van der Waals surface area (Å²) in [6, 6.07) is 4.02. The van der Waals surface area contributed by atoms with Crippen LogP contribution in [0.5, 0.6) is 0 Å². The van der Waals surface area contributed by atoms with Crippen molar-refractivity contribution in [2.75, 3.05) is 29.9 Å². The molecule has 0 bridgehead atoms. The van der Waals surface area contributed by atoms with Gasteiger partial charge in [-0.25, -0.2) is 29.7 Å². The number of anilines is 2. The van der Waals surface area contributed by atoms with E-state index < -0.39 is 5.60 Å². The molecule has 1 atom stereocenters. The molecule has 6 rings (SSSR count). The van der Waals surface area contributed by atoms with Gasteiger partial charge in [0.05, 0.1) is 29.2 Å². The van der Waals surface area contributed by atoms with Crippen LogP contribution in [0.2, 0.25) is 5.02 Å². The van der Waals surface area contributed by atoms with E-state index in [1.54, 1.807) is 23.6 Å². The molecule has 4 aromatic rings. The minimum absolute atomic E-state index is 0.135. The molecule has 0 saturated carbocycles. The van der Waals surface area contributed by atoms with E-state index in [2.05, 4.69) is 35.1 Å². The minimum Gasteiger partial charge on any atom is -0.444 e. The van der Waals surface area contributed by atoms with Crippen LogP contribution in [0.15, 0.2) is 37.1 Å². The summed E-state index contributed by atoms with van der Waals surface area (Å²) >= 11 is 6.49. The Morgan fingerprint density at radius 3 is 2.92 bits per heavy atom. The van der Waals surface area contributed by atoms with Crippen LogP contribution < -0.4 is 10.2 Å². The Bertz CT molecular complexity index is 1530. The van der Waals surface area contributed by atoms with E-state index >= 15 is 0 Å². The Morgan fingerprint density at radius 1 is 1.21 bits per heavy atom. The molecule has 39 heavy (non-hydrogen) atoms. The van der Waals surface area contributed by atoms with Crippen molar-refractivity contribution < 1.29 is 9.53 Å². The maximum Gasteiger partial charge on any atom is 0.410 e. The van der Waals surface area contributed by atoms with Gasteiger partial charge in [-0.05, 0) is 45.7 Å². The van der Waals surface area contributed by atoms with Gasteiger partial charge in [0.15, 0.2) is 0 Å². The van der Waals surface area contributed by atoms with E-state index in [-0.39, 0.29) is 12.1 Å². The smallest absolute Gasteiger partial charge is 0.410 e. The molecule has 0 unspecified atom stereocenters. The van der Waals surface area contributed by atoms with Crippen molar-refractivity contribution in [2.24, 2.45) is 0 Å². The quantitative estimate of drug-likeness (QED) is 0.381. The van der Waals surface area contributed by atoms with Crippen molar-refractivity contribution in [2.45, 2.75) is 51.8 Å². The summed E-state index contributed by atoms with van der Waals surface area (Å²) in [5.41, 5.74) is 3.75. The number of H-pyrrole nitrogens is 1. The highest BCUT2D eigenvalue weighted by atomic mass is 35.5. The van der Waals surface area contributed by atoms with Crippen LogP contribution in [0.4, 0.5) is 16.6 Å². The Morgan fingerprint density at radius 2 is 2.08 bits per heavy atom. The molecule has 4 aromatic heterocycles. The second-order valence-electron chi connectivity index (χ2n) is 10.8. The van der Waals surface area contributed by atoms with Crippen molar-refractivity contribution in [3.63, 3.8) is 0 Å². The number of aromatic nitrogens is 6. The lowest BCUT2D eigenvalue weighted by molar-refractivity contribution is 0.0220. The van der Waals surface area contributed by atoms with E-state index in [9.17, 15) is 4.79 Å². The molecule has 2 N–H and O–H groups in total. The topological polar surface area (TPSA) is 125 Å². The molecule has 0 aliphatic carbocycles. The lowest BCUT2D eigenvalue weighted by Gasteiger charge is -2.32. The lowest BCUT2D eigenvalue weighted by Crippen LogP contribution is -2.41. The highest BCUT2D eigenvalue weighted by molar-refractivity contribution is 6.33. The summed E-state index contributed by atoms with van der Waals surface area (Å²) < 4.78 is 5.55. The summed E-state index contributed by atoms with van der Waals surface area (Å²) in [5, 5.41) is 4.91. The maximum absolute atomic E-state index is 12.6. The number of hydrogen-bond donors (Lipinski definition) is 2. The second-order valence-corrected chi connectivity index (χ2v) is 11.2. The zero-order chi connectivity index (χ0) is 27.1. The van der Waals surface area contributed by atoms with Crippen LogP contribution in [0.3, 0.4) is 0 Å². The van der Waals surface area contributed by atoms with Crippen molar-refractivity contribution >= 4 is 40.5 Å². The Kier molecular flexibility index (Phi) is 6.46. The fourth-order valence-electron chi connectivity index (χ4n) is 5.12. The molecule has 1 saturated heterocycles. The summed E-state index contributed by atoms with van der Waals surface area (Å²) in [6.45, 7) is 8.19. The van der Waals surface area contributed by atoms with Crippen LogP contribution in [0.1, 0.15) is 38.4 Å². The van der Waals surface area contributed by atoms with Gasteiger partial charge in [-0.2, -0.15) is 0 Å². The largest absolute Gasteiger partial charge is 0.444 e. The minimum atomic E-state index is -0.535. The Labute approximate surface area is 231 Å². The van der Waals surface area contributed by atoms with Crippen LogP contribution in [-0.2, 0) is 17.7 Å². The van der Waals surface area contributed by atoms with E-state index in [4.69, 9.17) is 21.3 Å². The van der Waals surface area contributed by atoms with Gasteiger partial charge in [0.1, 0.15) is 23.4 Å². The number of fused-ring (bicyclic) bond motifs is 2. The Balaban J connectivity index is 1.16. The molecule has 6 heterocycles. The van der Waals surface area contributed by atoms with Crippen molar-refractivity contribution in [3.8, 4) is 11.3 Å². The van der Waals surface area contributed by atoms with Gasteiger partial charge < -0.3 is 24.8 Å². The number of carbonyl (C=O) groups excluding carboxylic acids is 1. The molecule has 202 valence electrons.